The monoisotopic (exact) mass is 367 g/mol. The summed E-state index contributed by atoms with van der Waals surface area (Å²) in [6, 6.07) is 3.49. The molecule has 3 N–H and O–H groups in total. The van der Waals surface area contributed by atoms with Gasteiger partial charge in [-0.3, -0.25) is 4.99 Å². The third-order valence-electron chi connectivity index (χ3n) is 2.83. The van der Waals surface area contributed by atoms with Crippen LogP contribution in [0, 0.1) is 0 Å². The lowest BCUT2D eigenvalue weighted by Gasteiger charge is -2.12. The maximum absolute atomic E-state index is 11.4. The highest BCUT2D eigenvalue weighted by Gasteiger charge is 2.11. The van der Waals surface area contributed by atoms with Crippen molar-refractivity contribution in [3.63, 3.8) is 0 Å². The van der Waals surface area contributed by atoms with Crippen molar-refractivity contribution in [2.24, 2.45) is 4.99 Å². The molecule has 1 rings (SSSR count). The van der Waals surface area contributed by atoms with Crippen molar-refractivity contribution in [3.8, 4) is 0 Å². The molecule has 0 aliphatic heterocycles. The maximum Gasteiger partial charge on any atom is 0.191 e. The summed E-state index contributed by atoms with van der Waals surface area (Å²) >= 11 is 7.14. The zero-order valence-electron chi connectivity index (χ0n) is 12.7. The average Bonchev–Trinajstić information content (AvgIpc) is 2.91. The number of nitrogens with zero attached hydrogens (tertiary/aromatic N) is 1. The van der Waals surface area contributed by atoms with Crippen LogP contribution in [0.2, 0.25) is 4.34 Å². The number of rotatable bonds is 8. The van der Waals surface area contributed by atoms with Crippen LogP contribution in [0.5, 0.6) is 0 Å². The van der Waals surface area contributed by atoms with E-state index in [4.69, 9.17) is 11.6 Å². The number of sulfone groups is 1. The molecule has 0 bridgehead atoms. The summed E-state index contributed by atoms with van der Waals surface area (Å²) in [6.45, 7) is 4.63. The first kappa shape index (κ1) is 19.2. The lowest BCUT2D eigenvalue weighted by Crippen LogP contribution is -2.40. The van der Waals surface area contributed by atoms with Crippen LogP contribution in [-0.2, 0) is 9.84 Å². The Morgan fingerprint density at radius 1 is 1.41 bits per heavy atom. The van der Waals surface area contributed by atoms with Crippen LogP contribution in [0.15, 0.2) is 17.1 Å². The van der Waals surface area contributed by atoms with Crippen LogP contribution >= 0.6 is 22.9 Å². The number of aliphatic hydroxyl groups is 1. The van der Waals surface area contributed by atoms with E-state index in [2.05, 4.69) is 15.6 Å². The molecule has 1 unspecified atom stereocenters. The molecule has 0 aromatic carbocycles. The van der Waals surface area contributed by atoms with Crippen LogP contribution in [0.3, 0.4) is 0 Å². The fraction of sp³-hybridized carbons (Fsp3) is 0.615. The van der Waals surface area contributed by atoms with Gasteiger partial charge in [0.2, 0.25) is 0 Å². The SMILES string of the molecule is CCNC(=NCC(O)c1ccc(Cl)s1)NCCS(=O)(=O)CC. The van der Waals surface area contributed by atoms with Gasteiger partial charge < -0.3 is 15.7 Å². The molecule has 0 fully saturated rings. The lowest BCUT2D eigenvalue weighted by molar-refractivity contribution is 0.191. The quantitative estimate of drug-likeness (QED) is 0.477. The van der Waals surface area contributed by atoms with Crippen molar-refractivity contribution in [1.29, 1.82) is 0 Å². The number of aliphatic hydroxyl groups excluding tert-OH is 1. The molecular formula is C13H22ClN3O3S2. The number of thiophene rings is 1. The molecule has 0 aliphatic carbocycles. The first-order chi connectivity index (χ1) is 10.4. The predicted molar refractivity (Wildman–Crippen MR) is 92.6 cm³/mol. The Morgan fingerprint density at radius 2 is 2.14 bits per heavy atom. The van der Waals surface area contributed by atoms with Crippen LogP contribution in [0.25, 0.3) is 0 Å². The number of guanidine groups is 1. The highest BCUT2D eigenvalue weighted by atomic mass is 35.5. The van der Waals surface area contributed by atoms with E-state index in [-0.39, 0.29) is 24.6 Å². The largest absolute Gasteiger partial charge is 0.386 e. The van der Waals surface area contributed by atoms with Crippen molar-refractivity contribution >= 4 is 38.7 Å². The van der Waals surface area contributed by atoms with Gasteiger partial charge in [0.15, 0.2) is 15.8 Å². The maximum atomic E-state index is 11.4. The molecule has 0 saturated carbocycles. The molecule has 0 saturated heterocycles. The molecule has 22 heavy (non-hydrogen) atoms. The first-order valence-corrected chi connectivity index (χ1v) is 10.1. The molecule has 6 nitrogen and oxygen atoms in total. The normalized spacial score (nSPS) is 13.9. The standard InChI is InChI=1S/C13H22ClN3O3S2/c1-3-15-13(16-7-8-22(19,20)4-2)17-9-10(18)11-5-6-12(14)21-11/h5-6,10,18H,3-4,7-9H2,1-2H3,(H2,15,16,17). The molecule has 1 aromatic heterocycles. The minimum atomic E-state index is -3.01. The van der Waals surface area contributed by atoms with E-state index in [9.17, 15) is 13.5 Å². The van der Waals surface area contributed by atoms with Crippen LogP contribution in [0.1, 0.15) is 24.8 Å². The Hall–Kier alpha value is -0.830. The Morgan fingerprint density at radius 3 is 2.68 bits per heavy atom. The summed E-state index contributed by atoms with van der Waals surface area (Å²) in [4.78, 5) is 5.01. The van der Waals surface area contributed by atoms with Gasteiger partial charge in [-0.05, 0) is 19.1 Å². The molecule has 1 heterocycles. The number of aliphatic imine (C=N–C) groups is 1. The van der Waals surface area contributed by atoms with E-state index in [0.29, 0.717) is 16.8 Å². The van der Waals surface area contributed by atoms with E-state index >= 15 is 0 Å². The van der Waals surface area contributed by atoms with Gasteiger partial charge in [0.05, 0.1) is 16.6 Å². The molecule has 0 aliphatic rings. The van der Waals surface area contributed by atoms with Gasteiger partial charge in [-0.1, -0.05) is 18.5 Å². The summed E-state index contributed by atoms with van der Waals surface area (Å²) in [7, 11) is -3.01. The Kier molecular flexibility index (Phi) is 8.16. The zero-order chi connectivity index (χ0) is 16.6. The minimum Gasteiger partial charge on any atom is -0.386 e. The van der Waals surface area contributed by atoms with E-state index in [1.54, 1.807) is 19.1 Å². The Bertz CT molecular complexity index is 587. The van der Waals surface area contributed by atoms with Gasteiger partial charge in [-0.15, -0.1) is 11.3 Å². The number of hydrogen-bond donors (Lipinski definition) is 3. The molecule has 9 heteroatoms. The van der Waals surface area contributed by atoms with Gasteiger partial charge in [0.1, 0.15) is 6.10 Å². The molecular weight excluding hydrogens is 346 g/mol. The number of halogens is 1. The second-order valence-corrected chi connectivity index (χ2v) is 8.76. The van der Waals surface area contributed by atoms with Gasteiger partial charge in [-0.2, -0.15) is 0 Å². The van der Waals surface area contributed by atoms with E-state index < -0.39 is 15.9 Å². The fourth-order valence-electron chi connectivity index (χ4n) is 1.59. The predicted octanol–water partition coefficient (Wildman–Crippen LogP) is 1.42. The highest BCUT2D eigenvalue weighted by Crippen LogP contribution is 2.26. The molecule has 0 spiro atoms. The summed E-state index contributed by atoms with van der Waals surface area (Å²) < 4.78 is 23.5. The molecule has 0 amide bonds. The van der Waals surface area contributed by atoms with Crippen LogP contribution in [-0.4, -0.2) is 50.6 Å². The van der Waals surface area contributed by atoms with Crippen LogP contribution < -0.4 is 10.6 Å². The third kappa shape index (κ3) is 6.95. The molecule has 1 atom stereocenters. The highest BCUT2D eigenvalue weighted by molar-refractivity contribution is 7.91. The summed E-state index contributed by atoms with van der Waals surface area (Å²) in [5.41, 5.74) is 0. The number of nitrogens with one attached hydrogen (secondary N) is 2. The second-order valence-electron chi connectivity index (χ2n) is 4.54. The molecule has 0 radical (unpaired) electrons. The molecule has 126 valence electrons. The Balaban J connectivity index is 2.54. The van der Waals surface area contributed by atoms with Crippen molar-refractivity contribution in [1.82, 2.24) is 10.6 Å². The van der Waals surface area contributed by atoms with Crippen molar-refractivity contribution in [2.75, 3.05) is 31.1 Å². The number of hydrogen-bond acceptors (Lipinski definition) is 5. The van der Waals surface area contributed by atoms with Crippen molar-refractivity contribution in [2.45, 2.75) is 20.0 Å². The third-order valence-corrected chi connectivity index (χ3v) is 5.87. The first-order valence-electron chi connectivity index (χ1n) is 7.03. The smallest absolute Gasteiger partial charge is 0.191 e. The van der Waals surface area contributed by atoms with Gasteiger partial charge in [0.25, 0.3) is 0 Å². The Labute approximate surface area is 140 Å². The van der Waals surface area contributed by atoms with E-state index in [1.807, 2.05) is 6.92 Å². The van der Waals surface area contributed by atoms with Crippen molar-refractivity contribution < 1.29 is 13.5 Å². The lowest BCUT2D eigenvalue weighted by atomic mass is 10.3. The van der Waals surface area contributed by atoms with Crippen LogP contribution in [0.4, 0.5) is 0 Å². The fourth-order valence-corrected chi connectivity index (χ4v) is 3.33. The summed E-state index contributed by atoms with van der Waals surface area (Å²) in [6.07, 6.45) is -0.729. The average molecular weight is 368 g/mol. The van der Waals surface area contributed by atoms with Gasteiger partial charge in [0, 0.05) is 23.7 Å². The van der Waals surface area contributed by atoms with Crippen molar-refractivity contribution in [3.05, 3.63) is 21.3 Å². The van der Waals surface area contributed by atoms with Gasteiger partial charge >= 0.3 is 0 Å². The summed E-state index contributed by atoms with van der Waals surface area (Å²) in [5, 5.41) is 16.0. The summed E-state index contributed by atoms with van der Waals surface area (Å²) in [5.74, 6) is 0.660. The molecule has 1 aromatic rings. The van der Waals surface area contributed by atoms with Gasteiger partial charge in [-0.25, -0.2) is 8.42 Å². The zero-order valence-corrected chi connectivity index (χ0v) is 15.1. The van der Waals surface area contributed by atoms with E-state index in [0.717, 1.165) is 4.88 Å². The topological polar surface area (TPSA) is 90.8 Å². The van der Waals surface area contributed by atoms with E-state index in [1.165, 1.54) is 11.3 Å². The second kappa shape index (κ2) is 9.34. The minimum absolute atomic E-state index is 0.0526.